The SMILES string of the molecule is CC1CCCC1CNC(=O)NC(CO)C(=O)O. The fourth-order valence-electron chi connectivity index (χ4n) is 2.14. The van der Waals surface area contributed by atoms with Crippen molar-refractivity contribution in [2.75, 3.05) is 13.2 Å². The number of aliphatic hydroxyl groups is 1. The van der Waals surface area contributed by atoms with Crippen molar-refractivity contribution < 1.29 is 19.8 Å². The maximum absolute atomic E-state index is 11.4. The van der Waals surface area contributed by atoms with Gasteiger partial charge in [0, 0.05) is 6.54 Å². The Balaban J connectivity index is 2.27. The van der Waals surface area contributed by atoms with Crippen molar-refractivity contribution in [2.45, 2.75) is 32.2 Å². The number of hydrogen-bond acceptors (Lipinski definition) is 3. The molecule has 3 atom stereocenters. The van der Waals surface area contributed by atoms with Gasteiger partial charge in [0.05, 0.1) is 6.61 Å². The molecule has 0 spiro atoms. The third-order valence-corrected chi connectivity index (χ3v) is 3.35. The van der Waals surface area contributed by atoms with Crippen LogP contribution in [-0.2, 0) is 4.79 Å². The van der Waals surface area contributed by atoms with E-state index in [9.17, 15) is 9.59 Å². The summed E-state index contributed by atoms with van der Waals surface area (Å²) in [5, 5.41) is 22.2. The van der Waals surface area contributed by atoms with Gasteiger partial charge in [-0.3, -0.25) is 0 Å². The van der Waals surface area contributed by atoms with Gasteiger partial charge in [0.2, 0.25) is 0 Å². The Kier molecular flexibility index (Phi) is 5.21. The van der Waals surface area contributed by atoms with Crippen LogP contribution in [0.3, 0.4) is 0 Å². The van der Waals surface area contributed by atoms with Crippen LogP contribution < -0.4 is 10.6 Å². The van der Waals surface area contributed by atoms with E-state index in [1.165, 1.54) is 12.8 Å². The molecule has 0 aromatic carbocycles. The fourth-order valence-corrected chi connectivity index (χ4v) is 2.14. The van der Waals surface area contributed by atoms with E-state index in [1.54, 1.807) is 0 Å². The molecule has 2 amide bonds. The number of carbonyl (C=O) groups is 2. The highest BCUT2D eigenvalue weighted by Gasteiger charge is 2.24. The number of carboxylic acids is 1. The third kappa shape index (κ3) is 4.22. The lowest BCUT2D eigenvalue weighted by Gasteiger charge is -2.17. The highest BCUT2D eigenvalue weighted by molar-refractivity contribution is 5.82. The van der Waals surface area contributed by atoms with Gasteiger partial charge >= 0.3 is 12.0 Å². The number of carboxylic acid groups (broad SMARTS) is 1. The average molecular weight is 244 g/mol. The summed E-state index contributed by atoms with van der Waals surface area (Å²) < 4.78 is 0. The first-order valence-corrected chi connectivity index (χ1v) is 5.92. The minimum Gasteiger partial charge on any atom is -0.480 e. The molecule has 0 aromatic rings. The Labute approximate surface area is 100 Å². The molecule has 0 heterocycles. The van der Waals surface area contributed by atoms with Gasteiger partial charge in [0.1, 0.15) is 0 Å². The van der Waals surface area contributed by atoms with E-state index in [2.05, 4.69) is 17.6 Å². The molecule has 98 valence electrons. The second-order valence-electron chi connectivity index (χ2n) is 4.60. The monoisotopic (exact) mass is 244 g/mol. The Bertz CT molecular complexity index is 283. The quantitative estimate of drug-likeness (QED) is 0.554. The number of amides is 2. The number of rotatable bonds is 5. The van der Waals surface area contributed by atoms with Gasteiger partial charge in [-0.1, -0.05) is 19.8 Å². The van der Waals surface area contributed by atoms with Gasteiger partial charge in [-0.2, -0.15) is 0 Å². The second kappa shape index (κ2) is 6.44. The summed E-state index contributed by atoms with van der Waals surface area (Å²) in [5.74, 6) is -0.168. The van der Waals surface area contributed by atoms with Crippen molar-refractivity contribution in [3.8, 4) is 0 Å². The van der Waals surface area contributed by atoms with Gasteiger partial charge in [-0.05, 0) is 18.3 Å². The summed E-state index contributed by atoms with van der Waals surface area (Å²) in [6.07, 6.45) is 3.47. The van der Waals surface area contributed by atoms with Crippen LogP contribution in [0.1, 0.15) is 26.2 Å². The number of nitrogens with one attached hydrogen (secondary N) is 2. The summed E-state index contributed by atoms with van der Waals surface area (Å²) in [5.41, 5.74) is 0. The Morgan fingerprint density at radius 3 is 2.59 bits per heavy atom. The number of carbonyl (C=O) groups excluding carboxylic acids is 1. The molecular weight excluding hydrogens is 224 g/mol. The lowest BCUT2D eigenvalue weighted by atomic mass is 9.98. The highest BCUT2D eigenvalue weighted by Crippen LogP contribution is 2.30. The molecule has 3 unspecified atom stereocenters. The minimum atomic E-state index is -1.24. The summed E-state index contributed by atoms with van der Waals surface area (Å²) >= 11 is 0. The number of aliphatic hydroxyl groups excluding tert-OH is 1. The van der Waals surface area contributed by atoms with Crippen LogP contribution in [-0.4, -0.2) is 41.4 Å². The lowest BCUT2D eigenvalue weighted by molar-refractivity contribution is -0.140. The molecule has 1 aliphatic rings. The van der Waals surface area contributed by atoms with Crippen LogP contribution in [0.5, 0.6) is 0 Å². The standard InChI is InChI=1S/C11H20N2O4/c1-7-3-2-4-8(7)5-12-11(17)13-9(6-14)10(15)16/h7-9,14H,2-6H2,1H3,(H,15,16)(H2,12,13,17). The van der Waals surface area contributed by atoms with Gasteiger partial charge < -0.3 is 20.8 Å². The Hall–Kier alpha value is -1.30. The zero-order chi connectivity index (χ0) is 12.8. The molecule has 6 nitrogen and oxygen atoms in total. The Morgan fingerprint density at radius 1 is 1.41 bits per heavy atom. The highest BCUT2D eigenvalue weighted by atomic mass is 16.4. The van der Waals surface area contributed by atoms with E-state index in [0.29, 0.717) is 18.4 Å². The van der Waals surface area contributed by atoms with Gasteiger partial charge in [-0.15, -0.1) is 0 Å². The van der Waals surface area contributed by atoms with E-state index < -0.39 is 24.6 Å². The molecule has 0 aliphatic heterocycles. The zero-order valence-electron chi connectivity index (χ0n) is 9.98. The largest absolute Gasteiger partial charge is 0.480 e. The van der Waals surface area contributed by atoms with Crippen molar-refractivity contribution in [3.05, 3.63) is 0 Å². The summed E-state index contributed by atoms with van der Waals surface area (Å²) in [6, 6.07) is -1.78. The zero-order valence-corrected chi connectivity index (χ0v) is 9.98. The minimum absolute atomic E-state index is 0.471. The summed E-state index contributed by atoms with van der Waals surface area (Å²) in [6.45, 7) is 2.11. The van der Waals surface area contributed by atoms with E-state index in [1.807, 2.05) is 0 Å². The molecule has 1 fully saturated rings. The number of aliphatic carboxylic acids is 1. The lowest BCUT2D eigenvalue weighted by Crippen LogP contribution is -2.48. The van der Waals surface area contributed by atoms with E-state index in [4.69, 9.17) is 10.2 Å². The van der Waals surface area contributed by atoms with E-state index >= 15 is 0 Å². The number of urea groups is 1. The summed E-state index contributed by atoms with van der Waals surface area (Å²) in [4.78, 5) is 22.0. The van der Waals surface area contributed by atoms with Crippen molar-refractivity contribution in [1.29, 1.82) is 0 Å². The maximum atomic E-state index is 11.4. The first-order chi connectivity index (χ1) is 8.04. The van der Waals surface area contributed by atoms with Crippen molar-refractivity contribution in [1.82, 2.24) is 10.6 Å². The van der Waals surface area contributed by atoms with Gasteiger partial charge in [0.25, 0.3) is 0 Å². The van der Waals surface area contributed by atoms with Crippen LogP contribution in [0, 0.1) is 11.8 Å². The summed E-state index contributed by atoms with van der Waals surface area (Å²) in [7, 11) is 0. The first kappa shape index (κ1) is 13.8. The molecule has 17 heavy (non-hydrogen) atoms. The Morgan fingerprint density at radius 2 is 2.12 bits per heavy atom. The molecular formula is C11H20N2O4. The van der Waals surface area contributed by atoms with Crippen molar-refractivity contribution in [3.63, 3.8) is 0 Å². The van der Waals surface area contributed by atoms with E-state index in [0.717, 1.165) is 6.42 Å². The smallest absolute Gasteiger partial charge is 0.328 e. The molecule has 0 saturated heterocycles. The fraction of sp³-hybridized carbons (Fsp3) is 0.818. The molecule has 1 saturated carbocycles. The van der Waals surface area contributed by atoms with Crippen LogP contribution in [0.15, 0.2) is 0 Å². The van der Waals surface area contributed by atoms with Gasteiger partial charge in [0.15, 0.2) is 6.04 Å². The molecule has 1 aliphatic carbocycles. The van der Waals surface area contributed by atoms with Crippen LogP contribution >= 0.6 is 0 Å². The van der Waals surface area contributed by atoms with E-state index in [-0.39, 0.29) is 0 Å². The van der Waals surface area contributed by atoms with Gasteiger partial charge in [-0.25, -0.2) is 9.59 Å². The van der Waals surface area contributed by atoms with Crippen LogP contribution in [0.2, 0.25) is 0 Å². The molecule has 4 N–H and O–H groups in total. The molecule has 6 heteroatoms. The molecule has 1 rings (SSSR count). The molecule has 0 bridgehead atoms. The predicted octanol–water partition coefficient (Wildman–Crippen LogP) is 0.167. The molecule has 0 aromatic heterocycles. The maximum Gasteiger partial charge on any atom is 0.328 e. The van der Waals surface area contributed by atoms with Crippen LogP contribution in [0.25, 0.3) is 0 Å². The normalized spacial score (nSPS) is 25.3. The third-order valence-electron chi connectivity index (χ3n) is 3.35. The van der Waals surface area contributed by atoms with Crippen LogP contribution in [0.4, 0.5) is 4.79 Å². The topological polar surface area (TPSA) is 98.7 Å². The predicted molar refractivity (Wildman–Crippen MR) is 61.5 cm³/mol. The molecule has 0 radical (unpaired) electrons. The average Bonchev–Trinajstić information content (AvgIpc) is 2.68. The first-order valence-electron chi connectivity index (χ1n) is 5.92. The van der Waals surface area contributed by atoms with Crippen molar-refractivity contribution in [2.24, 2.45) is 11.8 Å². The van der Waals surface area contributed by atoms with Crippen molar-refractivity contribution >= 4 is 12.0 Å². The second-order valence-corrected chi connectivity index (χ2v) is 4.60. The number of hydrogen-bond donors (Lipinski definition) is 4.